The molecule has 0 amide bonds. The fraction of sp³-hybridized carbons (Fsp3) is 0.429. The molecule has 8 heteroatoms. The van der Waals surface area contributed by atoms with Crippen LogP contribution in [0.3, 0.4) is 0 Å². The Morgan fingerprint density at radius 1 is 1.11 bits per heavy atom. The van der Waals surface area contributed by atoms with Crippen LogP contribution in [0, 0.1) is 12.8 Å². The summed E-state index contributed by atoms with van der Waals surface area (Å²) >= 11 is 0. The van der Waals surface area contributed by atoms with Crippen LogP contribution in [-0.4, -0.2) is 51.6 Å². The van der Waals surface area contributed by atoms with E-state index in [9.17, 15) is 0 Å². The molecule has 186 valence electrons. The van der Waals surface area contributed by atoms with Gasteiger partial charge < -0.3 is 14.4 Å². The van der Waals surface area contributed by atoms with Crippen molar-refractivity contribution in [3.05, 3.63) is 65.4 Å². The number of anilines is 1. The number of hydrogen-bond donors (Lipinski definition) is 0. The zero-order valence-corrected chi connectivity index (χ0v) is 21.3. The average molecular weight is 485 g/mol. The van der Waals surface area contributed by atoms with Crippen LogP contribution < -0.4 is 4.90 Å². The van der Waals surface area contributed by atoms with Gasteiger partial charge in [0.25, 0.3) is 0 Å². The van der Waals surface area contributed by atoms with Crippen LogP contribution in [0.1, 0.15) is 49.7 Å². The monoisotopic (exact) mass is 484 g/mol. The molecule has 2 aromatic heterocycles. The fourth-order valence-corrected chi connectivity index (χ4v) is 5.84. The lowest BCUT2D eigenvalue weighted by atomic mass is 9.85. The van der Waals surface area contributed by atoms with Crippen molar-refractivity contribution in [3.8, 4) is 11.3 Å². The van der Waals surface area contributed by atoms with Gasteiger partial charge in [-0.05, 0) is 51.2 Å². The van der Waals surface area contributed by atoms with E-state index in [-0.39, 0.29) is 18.2 Å². The van der Waals surface area contributed by atoms with Gasteiger partial charge in [0.1, 0.15) is 0 Å². The molecule has 0 radical (unpaired) electrons. The minimum absolute atomic E-state index is 0.0313. The van der Waals surface area contributed by atoms with Crippen molar-refractivity contribution in [2.24, 2.45) is 18.0 Å². The first-order valence-corrected chi connectivity index (χ1v) is 12.8. The molecule has 2 atom stereocenters. The van der Waals surface area contributed by atoms with Gasteiger partial charge in [0.2, 0.25) is 5.88 Å². The number of benzene rings is 1. The molecule has 3 aliphatic rings. The van der Waals surface area contributed by atoms with Gasteiger partial charge in [-0.15, -0.1) is 5.10 Å². The average Bonchev–Trinajstić information content (AvgIpc) is 3.54. The molecule has 3 aromatic rings. The molecule has 3 aliphatic heterocycles. The standard InChI is InChI=1S/C28H32N6O2/c1-17(2)36-28-24-23(16-30-28)34(27(19-8-6-5-7-9-19)20-10-12-35-13-11-20)22-14-21(15-29-25(22)24)26-18(3)31-32-33(26)4/h5-9,14-17,20,23,27H,10-13H2,1-4H3/t23?,27-/m1/s1. The summed E-state index contributed by atoms with van der Waals surface area (Å²) in [6, 6.07) is 13.2. The molecule has 0 spiro atoms. The second-order valence-corrected chi connectivity index (χ2v) is 10.1. The quantitative estimate of drug-likeness (QED) is 0.504. The highest BCUT2D eigenvalue weighted by Gasteiger charge is 2.46. The highest BCUT2D eigenvalue weighted by atomic mass is 16.5. The zero-order chi connectivity index (χ0) is 24.8. The Labute approximate surface area is 211 Å². The maximum absolute atomic E-state index is 6.17. The molecule has 6 rings (SSSR count). The van der Waals surface area contributed by atoms with Crippen molar-refractivity contribution in [1.29, 1.82) is 0 Å². The molecular weight excluding hydrogens is 452 g/mol. The maximum Gasteiger partial charge on any atom is 0.221 e. The van der Waals surface area contributed by atoms with Crippen molar-refractivity contribution in [2.45, 2.75) is 51.8 Å². The van der Waals surface area contributed by atoms with Crippen LogP contribution in [0.25, 0.3) is 16.8 Å². The largest absolute Gasteiger partial charge is 0.475 e. The van der Waals surface area contributed by atoms with Crippen molar-refractivity contribution in [2.75, 3.05) is 18.1 Å². The van der Waals surface area contributed by atoms with Crippen LogP contribution in [0.2, 0.25) is 0 Å². The van der Waals surface area contributed by atoms with Crippen LogP contribution in [-0.2, 0) is 16.5 Å². The van der Waals surface area contributed by atoms with E-state index in [0.717, 1.165) is 60.0 Å². The van der Waals surface area contributed by atoms with E-state index in [2.05, 4.69) is 51.6 Å². The van der Waals surface area contributed by atoms with E-state index < -0.39 is 0 Å². The van der Waals surface area contributed by atoms with Crippen LogP contribution in [0.15, 0.2) is 53.5 Å². The van der Waals surface area contributed by atoms with Crippen molar-refractivity contribution >= 4 is 17.5 Å². The van der Waals surface area contributed by atoms with Crippen molar-refractivity contribution in [1.82, 2.24) is 20.0 Å². The summed E-state index contributed by atoms with van der Waals surface area (Å²) in [5, 5.41) is 8.49. The molecule has 1 fully saturated rings. The number of fused-ring (bicyclic) bond motifs is 3. The van der Waals surface area contributed by atoms with Gasteiger partial charge in [0.05, 0.1) is 46.5 Å². The van der Waals surface area contributed by atoms with Crippen LogP contribution >= 0.6 is 0 Å². The number of aliphatic imine (C=N–C) groups is 1. The predicted octanol–water partition coefficient (Wildman–Crippen LogP) is 4.72. The summed E-state index contributed by atoms with van der Waals surface area (Å²) < 4.78 is 13.7. The number of rotatable bonds is 6. The normalized spacial score (nSPS) is 20.2. The summed E-state index contributed by atoms with van der Waals surface area (Å²) in [7, 11) is 1.92. The summed E-state index contributed by atoms with van der Waals surface area (Å²) in [6.07, 6.45) is 6.02. The third-order valence-electron chi connectivity index (χ3n) is 7.33. The SMILES string of the molecule is Cc1nnn(C)c1-c1cnc2c(c1)N([C@H](c1ccccc1)C1CCOCC1)C1C=NC(OC(C)C)=C21. The lowest BCUT2D eigenvalue weighted by molar-refractivity contribution is 0.0573. The Kier molecular flexibility index (Phi) is 5.84. The molecule has 1 aromatic carbocycles. The molecule has 36 heavy (non-hydrogen) atoms. The molecule has 0 saturated carbocycles. The van der Waals surface area contributed by atoms with Gasteiger partial charge in [-0.25, -0.2) is 9.67 Å². The molecule has 1 unspecified atom stereocenters. The topological polar surface area (TPSA) is 77.7 Å². The predicted molar refractivity (Wildman–Crippen MR) is 140 cm³/mol. The van der Waals surface area contributed by atoms with Gasteiger partial charge in [-0.1, -0.05) is 35.5 Å². The van der Waals surface area contributed by atoms with E-state index in [0.29, 0.717) is 11.8 Å². The Morgan fingerprint density at radius 2 is 1.89 bits per heavy atom. The second kappa shape index (κ2) is 9.17. The summed E-state index contributed by atoms with van der Waals surface area (Å²) in [5.41, 5.74) is 7.27. The van der Waals surface area contributed by atoms with Gasteiger partial charge in [-0.3, -0.25) is 4.98 Å². The van der Waals surface area contributed by atoms with E-state index in [1.807, 2.05) is 44.9 Å². The summed E-state index contributed by atoms with van der Waals surface area (Å²) in [6.45, 7) is 7.63. The van der Waals surface area contributed by atoms with Gasteiger partial charge in [-0.2, -0.15) is 0 Å². The molecule has 0 bridgehead atoms. The number of ether oxygens (including phenoxy) is 2. The van der Waals surface area contributed by atoms with Crippen molar-refractivity contribution in [3.63, 3.8) is 0 Å². The molecule has 5 heterocycles. The van der Waals surface area contributed by atoms with E-state index >= 15 is 0 Å². The Balaban J connectivity index is 1.54. The van der Waals surface area contributed by atoms with Crippen LogP contribution in [0.4, 0.5) is 5.69 Å². The molecule has 1 saturated heterocycles. The lowest BCUT2D eigenvalue weighted by Gasteiger charge is -2.40. The highest BCUT2D eigenvalue weighted by Crippen LogP contribution is 2.51. The van der Waals surface area contributed by atoms with E-state index in [1.54, 1.807) is 0 Å². The van der Waals surface area contributed by atoms with Crippen molar-refractivity contribution < 1.29 is 9.47 Å². The third-order valence-corrected chi connectivity index (χ3v) is 7.33. The number of aryl methyl sites for hydroxylation is 2. The summed E-state index contributed by atoms with van der Waals surface area (Å²) in [4.78, 5) is 12.3. The fourth-order valence-electron chi connectivity index (χ4n) is 5.84. The second-order valence-electron chi connectivity index (χ2n) is 10.1. The van der Waals surface area contributed by atoms with Gasteiger partial charge in [0, 0.05) is 38.2 Å². The number of pyridine rings is 1. The number of aromatic nitrogens is 4. The Morgan fingerprint density at radius 3 is 2.58 bits per heavy atom. The minimum Gasteiger partial charge on any atom is -0.475 e. The smallest absolute Gasteiger partial charge is 0.221 e. The minimum atomic E-state index is -0.0321. The van der Waals surface area contributed by atoms with Gasteiger partial charge >= 0.3 is 0 Å². The van der Waals surface area contributed by atoms with E-state index in [1.165, 1.54) is 5.56 Å². The third kappa shape index (κ3) is 3.80. The summed E-state index contributed by atoms with van der Waals surface area (Å²) in [5.74, 6) is 1.12. The first-order valence-electron chi connectivity index (χ1n) is 12.8. The Bertz CT molecular complexity index is 1300. The number of hydrogen-bond acceptors (Lipinski definition) is 7. The van der Waals surface area contributed by atoms with Gasteiger partial charge in [0.15, 0.2) is 0 Å². The van der Waals surface area contributed by atoms with Crippen LogP contribution in [0.5, 0.6) is 0 Å². The molecule has 8 nitrogen and oxygen atoms in total. The molecular formula is C28H32N6O2. The lowest BCUT2D eigenvalue weighted by Crippen LogP contribution is -2.41. The maximum atomic E-state index is 6.17. The molecule has 0 N–H and O–H groups in total. The zero-order valence-electron chi connectivity index (χ0n) is 21.3. The Hall–Kier alpha value is -3.52. The first-order chi connectivity index (χ1) is 17.5. The molecule has 0 aliphatic carbocycles. The highest BCUT2D eigenvalue weighted by molar-refractivity contribution is 6.03. The van der Waals surface area contributed by atoms with E-state index in [4.69, 9.17) is 19.5 Å². The number of nitrogens with zero attached hydrogens (tertiary/aromatic N) is 6. The first kappa shape index (κ1) is 22.9.